The van der Waals surface area contributed by atoms with Crippen molar-refractivity contribution in [1.29, 1.82) is 0 Å². The van der Waals surface area contributed by atoms with E-state index in [1.54, 1.807) is 24.3 Å². The van der Waals surface area contributed by atoms with E-state index in [2.05, 4.69) is 12.2 Å². The Labute approximate surface area is 125 Å². The molecule has 0 aliphatic heterocycles. The number of benzene rings is 1. The molecule has 1 amide bonds. The highest BCUT2D eigenvalue weighted by Gasteiger charge is 2.32. The lowest BCUT2D eigenvalue weighted by Crippen LogP contribution is -2.45. The highest BCUT2D eigenvalue weighted by Crippen LogP contribution is 2.33. The summed E-state index contributed by atoms with van der Waals surface area (Å²) >= 11 is 5.87. The summed E-state index contributed by atoms with van der Waals surface area (Å²) in [7, 11) is 0. The average Bonchev–Trinajstić information content (AvgIpc) is 2.46. The summed E-state index contributed by atoms with van der Waals surface area (Å²) in [6, 6.07) is 6.84. The summed E-state index contributed by atoms with van der Waals surface area (Å²) in [4.78, 5) is 12.0. The van der Waals surface area contributed by atoms with Crippen LogP contribution in [0, 0.1) is 5.92 Å². The van der Waals surface area contributed by atoms with Gasteiger partial charge in [0, 0.05) is 17.1 Å². The molecule has 0 unspecified atom stereocenters. The first-order chi connectivity index (χ1) is 9.52. The third-order valence-corrected chi connectivity index (χ3v) is 4.51. The zero-order valence-corrected chi connectivity index (χ0v) is 12.6. The Kier molecular flexibility index (Phi) is 5.06. The van der Waals surface area contributed by atoms with Gasteiger partial charge in [-0.3, -0.25) is 4.79 Å². The molecule has 110 valence electrons. The Morgan fingerprint density at radius 3 is 2.75 bits per heavy atom. The second-order valence-electron chi connectivity index (χ2n) is 5.77. The molecule has 0 bridgehead atoms. The smallest absolute Gasteiger partial charge is 0.251 e. The first-order valence-electron chi connectivity index (χ1n) is 7.28. The summed E-state index contributed by atoms with van der Waals surface area (Å²) in [5, 5.41) is 13.9. The standard InChI is InChI=1S/C16H22ClNO2/c1-2-12-6-8-16(20,9-7-12)11-18-15(19)13-4-3-5-14(17)10-13/h3-5,10,12,20H,2,6-9,11H2,1H3,(H,18,19). The molecule has 0 heterocycles. The first-order valence-corrected chi connectivity index (χ1v) is 7.66. The molecule has 3 nitrogen and oxygen atoms in total. The van der Waals surface area contributed by atoms with Crippen LogP contribution < -0.4 is 5.32 Å². The topological polar surface area (TPSA) is 49.3 Å². The Hall–Kier alpha value is -1.06. The van der Waals surface area contributed by atoms with Gasteiger partial charge in [0.05, 0.1) is 5.60 Å². The van der Waals surface area contributed by atoms with E-state index in [9.17, 15) is 9.90 Å². The van der Waals surface area contributed by atoms with Gasteiger partial charge in [-0.05, 0) is 49.8 Å². The molecular weight excluding hydrogens is 274 g/mol. The quantitative estimate of drug-likeness (QED) is 0.894. The van der Waals surface area contributed by atoms with Crippen molar-refractivity contribution in [3.63, 3.8) is 0 Å². The van der Waals surface area contributed by atoms with Crippen molar-refractivity contribution in [3.8, 4) is 0 Å². The maximum Gasteiger partial charge on any atom is 0.251 e. The molecule has 0 atom stereocenters. The minimum Gasteiger partial charge on any atom is -0.388 e. The number of halogens is 1. The molecule has 1 saturated carbocycles. The molecule has 1 aliphatic rings. The number of rotatable bonds is 4. The van der Waals surface area contributed by atoms with E-state index >= 15 is 0 Å². The number of nitrogens with one attached hydrogen (secondary N) is 1. The second kappa shape index (κ2) is 6.59. The number of carbonyl (C=O) groups is 1. The number of hydrogen-bond acceptors (Lipinski definition) is 2. The molecule has 20 heavy (non-hydrogen) atoms. The van der Waals surface area contributed by atoms with Gasteiger partial charge in [-0.2, -0.15) is 0 Å². The van der Waals surface area contributed by atoms with E-state index in [1.807, 2.05) is 0 Å². The largest absolute Gasteiger partial charge is 0.388 e. The van der Waals surface area contributed by atoms with Crippen molar-refractivity contribution >= 4 is 17.5 Å². The normalized spacial score (nSPS) is 26.2. The number of hydrogen-bond donors (Lipinski definition) is 2. The van der Waals surface area contributed by atoms with Crippen molar-refractivity contribution < 1.29 is 9.90 Å². The van der Waals surface area contributed by atoms with Gasteiger partial charge < -0.3 is 10.4 Å². The molecule has 0 aromatic heterocycles. The lowest BCUT2D eigenvalue weighted by atomic mass is 9.78. The predicted octanol–water partition coefficient (Wildman–Crippen LogP) is 3.40. The maximum absolute atomic E-state index is 12.0. The Balaban J connectivity index is 1.87. The molecule has 2 N–H and O–H groups in total. The van der Waals surface area contributed by atoms with Crippen LogP contribution in [0.3, 0.4) is 0 Å². The SMILES string of the molecule is CCC1CCC(O)(CNC(=O)c2cccc(Cl)c2)CC1. The van der Waals surface area contributed by atoms with E-state index in [-0.39, 0.29) is 5.91 Å². The van der Waals surface area contributed by atoms with Gasteiger partial charge in [0.15, 0.2) is 0 Å². The predicted molar refractivity (Wildman–Crippen MR) is 81.0 cm³/mol. The van der Waals surface area contributed by atoms with Crippen LogP contribution in [0.25, 0.3) is 0 Å². The minimum atomic E-state index is -0.750. The summed E-state index contributed by atoms with van der Waals surface area (Å²) < 4.78 is 0. The van der Waals surface area contributed by atoms with E-state index in [4.69, 9.17) is 11.6 Å². The van der Waals surface area contributed by atoms with Gasteiger partial charge in [-0.25, -0.2) is 0 Å². The van der Waals surface area contributed by atoms with Gasteiger partial charge in [-0.15, -0.1) is 0 Å². The highest BCUT2D eigenvalue weighted by atomic mass is 35.5. The third kappa shape index (κ3) is 3.97. The lowest BCUT2D eigenvalue weighted by molar-refractivity contribution is -0.00786. The van der Waals surface area contributed by atoms with Crippen LogP contribution in [0.2, 0.25) is 5.02 Å². The molecule has 0 radical (unpaired) electrons. The van der Waals surface area contributed by atoms with Crippen LogP contribution in [-0.2, 0) is 0 Å². The van der Waals surface area contributed by atoms with Gasteiger partial charge in [0.1, 0.15) is 0 Å². The Bertz CT molecular complexity index is 467. The lowest BCUT2D eigenvalue weighted by Gasteiger charge is -2.35. The molecular formula is C16H22ClNO2. The fourth-order valence-corrected chi connectivity index (χ4v) is 2.97. The Morgan fingerprint density at radius 1 is 1.45 bits per heavy atom. The molecule has 0 saturated heterocycles. The summed E-state index contributed by atoms with van der Waals surface area (Å²) in [6.45, 7) is 2.50. The van der Waals surface area contributed by atoms with Gasteiger partial charge >= 0.3 is 0 Å². The molecule has 4 heteroatoms. The van der Waals surface area contributed by atoms with E-state index in [0.29, 0.717) is 17.1 Å². The second-order valence-corrected chi connectivity index (χ2v) is 6.21. The van der Waals surface area contributed by atoms with E-state index < -0.39 is 5.60 Å². The van der Waals surface area contributed by atoms with Crippen molar-refractivity contribution in [2.24, 2.45) is 5.92 Å². The molecule has 0 spiro atoms. The molecule has 1 fully saturated rings. The third-order valence-electron chi connectivity index (χ3n) is 4.28. The maximum atomic E-state index is 12.0. The monoisotopic (exact) mass is 295 g/mol. The number of carbonyl (C=O) groups excluding carboxylic acids is 1. The number of aliphatic hydroxyl groups is 1. The summed E-state index contributed by atoms with van der Waals surface area (Å²) in [6.07, 6.45) is 4.79. The van der Waals surface area contributed by atoms with Crippen molar-refractivity contribution in [3.05, 3.63) is 34.9 Å². The minimum absolute atomic E-state index is 0.182. The van der Waals surface area contributed by atoms with E-state index in [1.165, 1.54) is 6.42 Å². The van der Waals surface area contributed by atoms with Crippen LogP contribution in [0.15, 0.2) is 24.3 Å². The van der Waals surface area contributed by atoms with Crippen LogP contribution in [-0.4, -0.2) is 23.2 Å². The zero-order valence-electron chi connectivity index (χ0n) is 11.9. The van der Waals surface area contributed by atoms with Crippen molar-refractivity contribution in [2.45, 2.75) is 44.6 Å². The van der Waals surface area contributed by atoms with Crippen LogP contribution in [0.4, 0.5) is 0 Å². The molecule has 1 aromatic carbocycles. The van der Waals surface area contributed by atoms with Crippen molar-refractivity contribution in [2.75, 3.05) is 6.54 Å². The van der Waals surface area contributed by atoms with Gasteiger partial charge in [0.25, 0.3) is 5.91 Å². The summed E-state index contributed by atoms with van der Waals surface area (Å²) in [5.41, 5.74) is -0.219. The van der Waals surface area contributed by atoms with Gasteiger partial charge in [0.2, 0.25) is 0 Å². The fourth-order valence-electron chi connectivity index (χ4n) is 2.78. The molecule has 1 aliphatic carbocycles. The van der Waals surface area contributed by atoms with Crippen LogP contribution in [0.1, 0.15) is 49.4 Å². The van der Waals surface area contributed by atoms with Gasteiger partial charge in [-0.1, -0.05) is 31.0 Å². The highest BCUT2D eigenvalue weighted by molar-refractivity contribution is 6.30. The Morgan fingerprint density at radius 2 is 2.15 bits per heavy atom. The van der Waals surface area contributed by atoms with Crippen LogP contribution >= 0.6 is 11.6 Å². The average molecular weight is 296 g/mol. The van der Waals surface area contributed by atoms with Crippen LogP contribution in [0.5, 0.6) is 0 Å². The zero-order chi connectivity index (χ0) is 14.6. The number of amides is 1. The summed E-state index contributed by atoms with van der Waals surface area (Å²) in [5.74, 6) is 0.539. The molecule has 2 rings (SSSR count). The fraction of sp³-hybridized carbons (Fsp3) is 0.562. The molecule has 1 aromatic rings. The van der Waals surface area contributed by atoms with Crippen molar-refractivity contribution in [1.82, 2.24) is 5.32 Å². The first kappa shape index (κ1) is 15.3. The van der Waals surface area contributed by atoms with E-state index in [0.717, 1.165) is 31.6 Å².